The number of carboxylic acids is 1. The number of aliphatic carboxylic acids is 1. The first-order valence-electron chi connectivity index (χ1n) is 7.67. The molecule has 1 unspecified atom stereocenters. The van der Waals surface area contributed by atoms with Crippen molar-refractivity contribution in [2.45, 2.75) is 12.0 Å². The zero-order valence-corrected chi connectivity index (χ0v) is 13.4. The van der Waals surface area contributed by atoms with E-state index in [0.29, 0.717) is 28.6 Å². The lowest BCUT2D eigenvalue weighted by Crippen LogP contribution is -2.44. The molecule has 0 fully saturated rings. The van der Waals surface area contributed by atoms with Gasteiger partial charge in [0.05, 0.1) is 6.42 Å². The molecule has 0 aliphatic heterocycles. The van der Waals surface area contributed by atoms with Crippen molar-refractivity contribution in [3.63, 3.8) is 0 Å². The van der Waals surface area contributed by atoms with Gasteiger partial charge in [0.1, 0.15) is 17.3 Å². The lowest BCUT2D eigenvalue weighted by atomic mass is 9.93. The van der Waals surface area contributed by atoms with Gasteiger partial charge >= 0.3 is 5.97 Å². The fraction of sp³-hybridized carbons (Fsp3) is 0.105. The second kappa shape index (κ2) is 6.60. The molecular weight excluding hydrogens is 320 g/mol. The minimum Gasteiger partial charge on any atom is -0.478 e. The Balaban J connectivity index is 1.80. The summed E-state index contributed by atoms with van der Waals surface area (Å²) in [5, 5.41) is 9.72. The number of hydrogen-bond acceptors (Lipinski definition) is 5. The van der Waals surface area contributed by atoms with E-state index >= 15 is 0 Å². The molecule has 2 aromatic carbocycles. The molecule has 6 nitrogen and oxygen atoms in total. The molecule has 1 aliphatic carbocycles. The Morgan fingerprint density at radius 2 is 1.52 bits per heavy atom. The largest absolute Gasteiger partial charge is 0.478 e. The van der Waals surface area contributed by atoms with Crippen LogP contribution in [0.2, 0.25) is 0 Å². The number of nitrogens with two attached hydrogens (primary N) is 2. The van der Waals surface area contributed by atoms with Crippen LogP contribution in [0, 0.1) is 0 Å². The average molecular weight is 338 g/mol. The monoisotopic (exact) mass is 338 g/mol. The Morgan fingerprint density at radius 3 is 2.08 bits per heavy atom. The Kier molecular flexibility index (Phi) is 4.35. The molecule has 0 amide bonds. The highest BCUT2D eigenvalue weighted by Crippen LogP contribution is 2.31. The van der Waals surface area contributed by atoms with E-state index in [1.807, 2.05) is 0 Å². The van der Waals surface area contributed by atoms with Crippen LogP contribution in [0.4, 0.5) is 11.4 Å². The van der Waals surface area contributed by atoms with Crippen LogP contribution in [0.3, 0.4) is 0 Å². The molecule has 25 heavy (non-hydrogen) atoms. The van der Waals surface area contributed by atoms with Crippen molar-refractivity contribution < 1.29 is 19.4 Å². The van der Waals surface area contributed by atoms with Crippen molar-refractivity contribution in [2.75, 3.05) is 11.5 Å². The lowest BCUT2D eigenvalue weighted by Gasteiger charge is -2.30. The summed E-state index contributed by atoms with van der Waals surface area (Å²) in [6.07, 6.45) is 4.88. The quantitative estimate of drug-likeness (QED) is 0.723. The van der Waals surface area contributed by atoms with Crippen molar-refractivity contribution in [1.82, 2.24) is 0 Å². The predicted octanol–water partition coefficient (Wildman–Crippen LogP) is 2.98. The van der Waals surface area contributed by atoms with Crippen molar-refractivity contribution in [1.29, 1.82) is 0 Å². The summed E-state index contributed by atoms with van der Waals surface area (Å²) in [4.78, 5) is 11.9. The van der Waals surface area contributed by atoms with E-state index < -0.39 is 11.6 Å². The van der Waals surface area contributed by atoms with Gasteiger partial charge in [-0.3, -0.25) is 0 Å². The first-order valence-corrected chi connectivity index (χ1v) is 7.67. The number of rotatable bonds is 5. The van der Waals surface area contributed by atoms with Gasteiger partial charge in [-0.1, -0.05) is 6.08 Å². The molecule has 0 bridgehead atoms. The van der Waals surface area contributed by atoms with Crippen LogP contribution in [-0.2, 0) is 4.79 Å². The fourth-order valence-corrected chi connectivity index (χ4v) is 2.45. The summed E-state index contributed by atoms with van der Waals surface area (Å²) < 4.78 is 11.5. The molecule has 2 aromatic rings. The highest BCUT2D eigenvalue weighted by atomic mass is 16.5. The van der Waals surface area contributed by atoms with Crippen LogP contribution in [-0.4, -0.2) is 16.7 Å². The summed E-state index contributed by atoms with van der Waals surface area (Å²) >= 11 is 0. The first-order chi connectivity index (χ1) is 12.0. The molecule has 0 saturated carbocycles. The number of ether oxygens (including phenoxy) is 2. The number of carboxylic acid groups (broad SMARTS) is 1. The zero-order chi connectivity index (χ0) is 17.9. The van der Waals surface area contributed by atoms with Gasteiger partial charge in [0.25, 0.3) is 0 Å². The van der Waals surface area contributed by atoms with Crippen LogP contribution in [0.1, 0.15) is 6.42 Å². The predicted molar refractivity (Wildman–Crippen MR) is 95.2 cm³/mol. The second-order valence-electron chi connectivity index (χ2n) is 5.71. The highest BCUT2D eigenvalue weighted by Gasteiger charge is 2.41. The molecule has 6 heteroatoms. The van der Waals surface area contributed by atoms with Crippen LogP contribution in [0.5, 0.6) is 11.5 Å². The summed E-state index contributed by atoms with van der Waals surface area (Å²) in [6.45, 7) is 0. The molecule has 128 valence electrons. The molecule has 0 radical (unpaired) electrons. The second-order valence-corrected chi connectivity index (χ2v) is 5.71. The summed E-state index contributed by atoms with van der Waals surface area (Å²) in [6, 6.07) is 13.4. The van der Waals surface area contributed by atoms with Crippen molar-refractivity contribution in [2.24, 2.45) is 0 Å². The van der Waals surface area contributed by atoms with E-state index in [4.69, 9.17) is 20.9 Å². The number of anilines is 2. The van der Waals surface area contributed by atoms with Crippen molar-refractivity contribution in [3.8, 4) is 11.5 Å². The number of allylic oxidation sites excluding steroid dienone is 2. The van der Waals surface area contributed by atoms with E-state index in [1.54, 1.807) is 60.7 Å². The number of carbonyl (C=O) groups is 1. The van der Waals surface area contributed by atoms with Gasteiger partial charge in [0.15, 0.2) is 0 Å². The number of hydrogen-bond donors (Lipinski definition) is 3. The molecule has 0 saturated heterocycles. The summed E-state index contributed by atoms with van der Waals surface area (Å²) in [5.74, 6) is 0.356. The van der Waals surface area contributed by atoms with E-state index in [0.717, 1.165) is 0 Å². The van der Waals surface area contributed by atoms with E-state index in [2.05, 4.69) is 0 Å². The molecular formula is C19H18N2O4. The fourth-order valence-electron chi connectivity index (χ4n) is 2.45. The highest BCUT2D eigenvalue weighted by molar-refractivity contribution is 5.81. The topological polar surface area (TPSA) is 108 Å². The van der Waals surface area contributed by atoms with Crippen LogP contribution < -0.4 is 20.9 Å². The van der Waals surface area contributed by atoms with Crippen LogP contribution >= 0.6 is 0 Å². The maximum Gasteiger partial charge on any atom is 0.352 e. The van der Waals surface area contributed by atoms with Crippen LogP contribution in [0.25, 0.3) is 0 Å². The lowest BCUT2D eigenvalue weighted by molar-refractivity contribution is -0.151. The third-order valence-corrected chi connectivity index (χ3v) is 3.76. The summed E-state index contributed by atoms with van der Waals surface area (Å²) in [5.41, 5.74) is 10.9. The normalized spacial score (nSPS) is 19.1. The van der Waals surface area contributed by atoms with Gasteiger partial charge in [-0.25, -0.2) is 4.79 Å². The number of benzene rings is 2. The van der Waals surface area contributed by atoms with Crippen molar-refractivity contribution in [3.05, 3.63) is 72.5 Å². The van der Waals surface area contributed by atoms with E-state index in [-0.39, 0.29) is 6.42 Å². The first kappa shape index (κ1) is 16.4. The maximum atomic E-state index is 11.9. The molecule has 0 heterocycles. The van der Waals surface area contributed by atoms with Gasteiger partial charge in [0.2, 0.25) is 5.60 Å². The van der Waals surface area contributed by atoms with Crippen molar-refractivity contribution >= 4 is 17.3 Å². The van der Waals surface area contributed by atoms with Crippen LogP contribution in [0.15, 0.2) is 72.5 Å². The standard InChI is InChI=1S/C19H18N2O4/c20-13-3-7-15(8-4-13)24-17-2-1-11-19(12-17,18(22)23)25-16-9-5-14(21)6-10-16/h1-11H,12,20-21H2,(H,22,23). The van der Waals surface area contributed by atoms with E-state index in [9.17, 15) is 9.90 Å². The Hall–Kier alpha value is -3.41. The molecule has 3 rings (SSSR count). The third-order valence-electron chi connectivity index (χ3n) is 3.76. The zero-order valence-electron chi connectivity index (χ0n) is 13.4. The maximum absolute atomic E-state index is 11.9. The third kappa shape index (κ3) is 3.74. The molecule has 5 N–H and O–H groups in total. The Bertz CT molecular complexity index is 826. The van der Waals surface area contributed by atoms with Gasteiger partial charge in [0, 0.05) is 11.4 Å². The van der Waals surface area contributed by atoms with Gasteiger partial charge < -0.3 is 26.0 Å². The van der Waals surface area contributed by atoms with E-state index in [1.165, 1.54) is 6.08 Å². The average Bonchev–Trinajstić information content (AvgIpc) is 2.59. The molecule has 0 aromatic heterocycles. The van der Waals surface area contributed by atoms with Gasteiger partial charge in [-0.2, -0.15) is 0 Å². The minimum atomic E-state index is -1.55. The summed E-state index contributed by atoms with van der Waals surface area (Å²) in [7, 11) is 0. The smallest absolute Gasteiger partial charge is 0.352 e. The number of nitrogen functional groups attached to an aromatic ring is 2. The van der Waals surface area contributed by atoms with Gasteiger partial charge in [-0.15, -0.1) is 0 Å². The van der Waals surface area contributed by atoms with Gasteiger partial charge in [-0.05, 0) is 60.7 Å². The minimum absolute atomic E-state index is 0.0492. The molecule has 1 atom stereocenters. The molecule has 0 spiro atoms. The Morgan fingerprint density at radius 1 is 0.960 bits per heavy atom. The SMILES string of the molecule is Nc1ccc(OC2=CC=CC(Oc3ccc(N)cc3)(C(=O)O)C2)cc1. The molecule has 1 aliphatic rings. The Labute approximate surface area is 145 Å².